The minimum absolute atomic E-state index is 0.0445. The maximum atomic E-state index is 12.9. The molecule has 1 aliphatic heterocycles. The van der Waals surface area contributed by atoms with Crippen LogP contribution in [0.4, 0.5) is 4.79 Å². The molecule has 1 amide bonds. The van der Waals surface area contributed by atoms with Gasteiger partial charge in [-0.1, -0.05) is 18.2 Å². The van der Waals surface area contributed by atoms with Crippen LogP contribution in [0.25, 0.3) is 16.5 Å². The van der Waals surface area contributed by atoms with Crippen LogP contribution in [0.1, 0.15) is 25.0 Å². The van der Waals surface area contributed by atoms with Gasteiger partial charge >= 0.3 is 6.16 Å². The summed E-state index contributed by atoms with van der Waals surface area (Å²) in [6, 6.07) is 6.82. The van der Waals surface area contributed by atoms with Crippen molar-refractivity contribution in [1.82, 2.24) is 14.8 Å². The van der Waals surface area contributed by atoms with E-state index in [2.05, 4.69) is 61.3 Å². The van der Waals surface area contributed by atoms with Crippen LogP contribution in [0.2, 0.25) is 0 Å². The van der Waals surface area contributed by atoms with Gasteiger partial charge in [-0.25, -0.2) is 4.79 Å². The van der Waals surface area contributed by atoms with E-state index in [0.717, 1.165) is 26.1 Å². The number of fused-ring (bicyclic) bond motifs is 2. The van der Waals surface area contributed by atoms with Crippen molar-refractivity contribution in [2.24, 2.45) is 5.92 Å². The normalized spacial score (nSPS) is 20.6. The number of aromatic nitrogens is 1. The van der Waals surface area contributed by atoms with E-state index >= 15 is 0 Å². The second-order valence-corrected chi connectivity index (χ2v) is 7.22. The second-order valence-electron chi connectivity index (χ2n) is 7.22. The number of hydrogen-bond acceptors (Lipinski definition) is 3. The molecule has 1 aromatic heterocycles. The molecule has 2 atom stereocenters. The average molecular weight is 385 g/mol. The molecule has 2 aliphatic rings. The molecule has 0 saturated heterocycles. The minimum Gasteiger partial charge on any atom is -0.450 e. The summed E-state index contributed by atoms with van der Waals surface area (Å²) in [4.78, 5) is 29.1. The lowest BCUT2D eigenvalue weighted by molar-refractivity contribution is -0.134. The zero-order valence-electron chi connectivity index (χ0n) is 16.5. The van der Waals surface area contributed by atoms with Crippen LogP contribution in [0.3, 0.4) is 0 Å². The number of carbonyl (C=O) groups is 2. The second kappa shape index (κ2) is 8.06. The van der Waals surface area contributed by atoms with E-state index in [1.165, 1.54) is 27.6 Å². The summed E-state index contributed by atoms with van der Waals surface area (Å²) in [5.74, 6) is 0.210. The molecule has 7 nitrogen and oxygen atoms in total. The molecule has 4 rings (SSSR count). The number of nitrogens with zero attached hydrogens (tertiary/aromatic N) is 2. The summed E-state index contributed by atoms with van der Waals surface area (Å²) >= 11 is 0. The molecule has 2 aromatic rings. The Hall–Kier alpha value is -2.80. The zero-order valence-corrected chi connectivity index (χ0v) is 16.5. The Kier molecular flexibility index (Phi) is 5.74. The van der Waals surface area contributed by atoms with Gasteiger partial charge in [-0.15, -0.1) is 0 Å². The Morgan fingerprint density at radius 3 is 2.57 bits per heavy atom. The van der Waals surface area contributed by atoms with Gasteiger partial charge in [0.1, 0.15) is 0 Å². The number of nitrogens with one attached hydrogen (secondary N) is 1. The molecule has 0 unspecified atom stereocenters. The van der Waals surface area contributed by atoms with Crippen molar-refractivity contribution >= 4 is 28.5 Å². The molecule has 3 N–H and O–H groups in total. The highest BCUT2D eigenvalue weighted by Gasteiger charge is 2.36. The first kappa shape index (κ1) is 19.9. The van der Waals surface area contributed by atoms with E-state index < -0.39 is 6.16 Å². The summed E-state index contributed by atoms with van der Waals surface area (Å²) < 4.78 is 0. The van der Waals surface area contributed by atoms with E-state index in [0.29, 0.717) is 6.04 Å². The highest BCUT2D eigenvalue weighted by molar-refractivity contribution is 5.99. The minimum atomic E-state index is -1.83. The van der Waals surface area contributed by atoms with Gasteiger partial charge < -0.3 is 20.1 Å². The van der Waals surface area contributed by atoms with Crippen molar-refractivity contribution in [3.63, 3.8) is 0 Å². The van der Waals surface area contributed by atoms with Crippen molar-refractivity contribution in [1.29, 1.82) is 0 Å². The van der Waals surface area contributed by atoms with E-state index in [1.807, 2.05) is 4.90 Å². The predicted octanol–water partition coefficient (Wildman–Crippen LogP) is 3.13. The Morgan fingerprint density at radius 2 is 1.93 bits per heavy atom. The average Bonchev–Trinajstić information content (AvgIpc) is 3.07. The molecule has 0 bridgehead atoms. The fourth-order valence-electron chi connectivity index (χ4n) is 4.38. The Balaban J connectivity index is 0.000000516. The highest BCUT2D eigenvalue weighted by Crippen LogP contribution is 2.40. The van der Waals surface area contributed by atoms with Crippen LogP contribution >= 0.6 is 0 Å². The van der Waals surface area contributed by atoms with Gasteiger partial charge in [0.25, 0.3) is 0 Å². The van der Waals surface area contributed by atoms with Gasteiger partial charge in [-0.2, -0.15) is 0 Å². The first-order chi connectivity index (χ1) is 13.4. The van der Waals surface area contributed by atoms with Crippen LogP contribution in [-0.4, -0.2) is 69.8 Å². The summed E-state index contributed by atoms with van der Waals surface area (Å²) in [6.45, 7) is 6.47. The monoisotopic (exact) mass is 385 g/mol. The molecular formula is C21H27N3O4. The number of hydrogen-bond donors (Lipinski definition) is 3. The zero-order chi connectivity index (χ0) is 20.4. The molecule has 1 aliphatic carbocycles. The van der Waals surface area contributed by atoms with Crippen LogP contribution in [0, 0.1) is 5.92 Å². The van der Waals surface area contributed by atoms with Crippen molar-refractivity contribution in [2.45, 2.75) is 26.3 Å². The summed E-state index contributed by atoms with van der Waals surface area (Å²) in [5.41, 5.74) is 5.21. The van der Waals surface area contributed by atoms with E-state index in [4.69, 9.17) is 15.0 Å². The van der Waals surface area contributed by atoms with Gasteiger partial charge in [0.05, 0.1) is 5.92 Å². The van der Waals surface area contributed by atoms with Gasteiger partial charge in [-0.3, -0.25) is 9.69 Å². The third-order valence-electron chi connectivity index (χ3n) is 5.66. The number of carbonyl (C=O) groups excluding carboxylic acids is 1. The molecule has 0 spiro atoms. The van der Waals surface area contributed by atoms with Crippen LogP contribution in [-0.2, 0) is 11.2 Å². The summed E-state index contributed by atoms with van der Waals surface area (Å²) in [6.07, 6.45) is 3.58. The molecule has 28 heavy (non-hydrogen) atoms. The molecule has 2 heterocycles. The van der Waals surface area contributed by atoms with E-state index in [9.17, 15) is 4.79 Å². The number of rotatable bonds is 3. The quantitative estimate of drug-likeness (QED) is 0.754. The molecular weight excluding hydrogens is 358 g/mol. The maximum absolute atomic E-state index is 12.9. The first-order valence-corrected chi connectivity index (χ1v) is 9.59. The highest BCUT2D eigenvalue weighted by atomic mass is 16.6. The van der Waals surface area contributed by atoms with Crippen LogP contribution in [0.15, 0.2) is 30.5 Å². The molecule has 7 heteroatoms. The fraction of sp³-hybridized carbons (Fsp3) is 0.429. The van der Waals surface area contributed by atoms with Gasteiger partial charge in [0.2, 0.25) is 5.91 Å². The number of H-pyrrole nitrogens is 1. The Bertz CT molecular complexity index is 910. The number of carboxylic acid groups (broad SMARTS) is 2. The van der Waals surface area contributed by atoms with Crippen molar-refractivity contribution in [2.75, 3.05) is 26.7 Å². The van der Waals surface area contributed by atoms with Gasteiger partial charge in [0.15, 0.2) is 0 Å². The molecule has 0 fully saturated rings. The number of aromatic amines is 1. The largest absolute Gasteiger partial charge is 0.503 e. The summed E-state index contributed by atoms with van der Waals surface area (Å²) in [7, 11) is 2.15. The fourth-order valence-corrected chi connectivity index (χ4v) is 4.38. The third kappa shape index (κ3) is 3.62. The lowest BCUT2D eigenvalue weighted by Gasteiger charge is -2.40. The van der Waals surface area contributed by atoms with E-state index in [-0.39, 0.29) is 11.8 Å². The maximum Gasteiger partial charge on any atom is 0.503 e. The van der Waals surface area contributed by atoms with Gasteiger partial charge in [-0.05, 0) is 50.1 Å². The van der Waals surface area contributed by atoms with Gasteiger partial charge in [0, 0.05) is 42.8 Å². The Morgan fingerprint density at radius 1 is 1.25 bits per heavy atom. The lowest BCUT2D eigenvalue weighted by Crippen LogP contribution is -2.47. The van der Waals surface area contributed by atoms with Crippen LogP contribution in [0.5, 0.6) is 0 Å². The van der Waals surface area contributed by atoms with Crippen LogP contribution < -0.4 is 0 Å². The predicted molar refractivity (Wildman–Crippen MR) is 108 cm³/mol. The third-order valence-corrected chi connectivity index (χ3v) is 5.66. The molecule has 150 valence electrons. The van der Waals surface area contributed by atoms with E-state index in [1.54, 1.807) is 0 Å². The SMILES string of the molecule is CCN(CC)C(=O)[C@@H]1C=C2c3cccc4[nH]cc(c34)C[C@H]2N(C)C1.O=C(O)O. The lowest BCUT2D eigenvalue weighted by atomic mass is 9.79. The number of amides is 1. The number of likely N-dealkylation sites (N-methyl/N-ethyl adjacent to an activating group) is 1. The van der Waals surface area contributed by atoms with Crippen molar-refractivity contribution in [3.05, 3.63) is 41.6 Å². The Labute approximate surface area is 164 Å². The standard InChI is InChI=1S/C20H25N3O.CH2O3/c1-4-23(5-2)20(24)14-9-16-15-7-6-8-17-19(15)13(11-21-17)10-18(16)22(3)12-14;2-1(3)4/h6-9,11,14,18,21H,4-5,10,12H2,1-3H3;(H2,2,3,4)/t14-,18-;/m1./s1. The van der Waals surface area contributed by atoms with Crippen molar-refractivity contribution in [3.8, 4) is 0 Å². The smallest absolute Gasteiger partial charge is 0.450 e. The topological polar surface area (TPSA) is 96.9 Å². The molecule has 1 aromatic carbocycles. The molecule has 0 saturated carbocycles. The number of benzene rings is 1. The summed E-state index contributed by atoms with van der Waals surface area (Å²) in [5, 5.41) is 15.3. The molecule has 0 radical (unpaired) electrons. The first-order valence-electron chi connectivity index (χ1n) is 9.59. The van der Waals surface area contributed by atoms with Crippen molar-refractivity contribution < 1.29 is 19.8 Å².